The molecule has 0 spiro atoms. The van der Waals surface area contributed by atoms with E-state index in [4.69, 9.17) is 16.3 Å². The summed E-state index contributed by atoms with van der Waals surface area (Å²) in [6.07, 6.45) is 7.57. The van der Waals surface area contributed by atoms with Gasteiger partial charge in [0.25, 0.3) is 0 Å². The van der Waals surface area contributed by atoms with Crippen molar-refractivity contribution >= 4 is 11.6 Å². The Balaban J connectivity index is 1.88. The molecule has 88 valence electrons. The summed E-state index contributed by atoms with van der Waals surface area (Å²) in [5.41, 5.74) is 0. The Hall–Kier alpha value is -0.830. The lowest BCUT2D eigenvalue weighted by molar-refractivity contribution is 0.196. The molecule has 1 aromatic rings. The summed E-state index contributed by atoms with van der Waals surface area (Å²) in [7, 11) is 0. The van der Waals surface area contributed by atoms with Crippen molar-refractivity contribution in [3.05, 3.63) is 23.1 Å². The Bertz CT molecular complexity index is 353. The maximum atomic E-state index is 13.3. The standard InChI is InChI=1S/C12H15ClFNO/c13-10-6-11(14)12(15-7-10)16-8-9-4-2-1-3-5-9/h6-7,9H,1-5,8H2. The number of rotatable bonds is 3. The van der Waals surface area contributed by atoms with E-state index in [1.807, 2.05) is 0 Å². The summed E-state index contributed by atoms with van der Waals surface area (Å²) in [4.78, 5) is 3.83. The minimum absolute atomic E-state index is 0.0648. The fourth-order valence-electron chi connectivity index (χ4n) is 2.06. The van der Waals surface area contributed by atoms with Crippen LogP contribution in [0.3, 0.4) is 0 Å². The van der Waals surface area contributed by atoms with Crippen molar-refractivity contribution in [3.8, 4) is 5.88 Å². The average Bonchev–Trinajstić information content (AvgIpc) is 2.29. The highest BCUT2D eigenvalue weighted by Crippen LogP contribution is 2.25. The smallest absolute Gasteiger partial charge is 0.250 e. The number of ether oxygens (including phenoxy) is 1. The van der Waals surface area contributed by atoms with Crippen LogP contribution in [0.25, 0.3) is 0 Å². The predicted octanol–water partition coefficient (Wildman–Crippen LogP) is 3.83. The highest BCUT2D eigenvalue weighted by molar-refractivity contribution is 6.30. The largest absolute Gasteiger partial charge is 0.475 e. The van der Waals surface area contributed by atoms with Crippen LogP contribution >= 0.6 is 11.6 Å². The molecular formula is C12H15ClFNO. The molecule has 0 amide bonds. The van der Waals surface area contributed by atoms with E-state index in [2.05, 4.69) is 4.98 Å². The van der Waals surface area contributed by atoms with E-state index in [1.165, 1.54) is 44.4 Å². The van der Waals surface area contributed by atoms with Crippen molar-refractivity contribution in [1.29, 1.82) is 0 Å². The van der Waals surface area contributed by atoms with Crippen LogP contribution in [0.1, 0.15) is 32.1 Å². The van der Waals surface area contributed by atoms with Gasteiger partial charge in [0.2, 0.25) is 5.88 Å². The van der Waals surface area contributed by atoms with E-state index in [9.17, 15) is 4.39 Å². The van der Waals surface area contributed by atoms with Crippen molar-refractivity contribution < 1.29 is 9.13 Å². The summed E-state index contributed by atoms with van der Waals surface area (Å²) in [5, 5.41) is 0.294. The summed E-state index contributed by atoms with van der Waals surface area (Å²) < 4.78 is 18.7. The molecule has 0 radical (unpaired) electrons. The monoisotopic (exact) mass is 243 g/mol. The van der Waals surface area contributed by atoms with Gasteiger partial charge >= 0.3 is 0 Å². The second-order valence-corrected chi connectivity index (χ2v) is 4.69. The molecular weight excluding hydrogens is 229 g/mol. The lowest BCUT2D eigenvalue weighted by atomic mass is 9.90. The molecule has 0 aromatic carbocycles. The molecule has 2 nitrogen and oxygen atoms in total. The van der Waals surface area contributed by atoms with E-state index in [1.54, 1.807) is 0 Å². The maximum absolute atomic E-state index is 13.3. The van der Waals surface area contributed by atoms with Crippen LogP contribution in [0.4, 0.5) is 4.39 Å². The zero-order chi connectivity index (χ0) is 11.4. The van der Waals surface area contributed by atoms with E-state index in [0.717, 1.165) is 0 Å². The first-order valence-corrected chi connectivity index (χ1v) is 6.07. The second kappa shape index (κ2) is 5.48. The Morgan fingerprint density at radius 1 is 1.38 bits per heavy atom. The Kier molecular flexibility index (Phi) is 3.99. The molecule has 1 heterocycles. The lowest BCUT2D eigenvalue weighted by Crippen LogP contribution is -2.16. The van der Waals surface area contributed by atoms with Crippen LogP contribution in [-0.4, -0.2) is 11.6 Å². The number of hydrogen-bond acceptors (Lipinski definition) is 2. The summed E-state index contributed by atoms with van der Waals surface area (Å²) in [6.45, 7) is 0.561. The molecule has 1 aliphatic carbocycles. The first-order valence-electron chi connectivity index (χ1n) is 5.69. The van der Waals surface area contributed by atoms with Crippen LogP contribution in [-0.2, 0) is 0 Å². The number of nitrogens with zero attached hydrogens (tertiary/aromatic N) is 1. The molecule has 1 aromatic heterocycles. The maximum Gasteiger partial charge on any atom is 0.250 e. The Morgan fingerprint density at radius 3 is 2.81 bits per heavy atom. The summed E-state index contributed by atoms with van der Waals surface area (Å²) in [6, 6.07) is 1.23. The van der Waals surface area contributed by atoms with Crippen molar-refractivity contribution in [2.24, 2.45) is 5.92 Å². The van der Waals surface area contributed by atoms with Gasteiger partial charge in [-0.1, -0.05) is 30.9 Å². The van der Waals surface area contributed by atoms with Crippen molar-refractivity contribution in [3.63, 3.8) is 0 Å². The predicted molar refractivity (Wildman–Crippen MR) is 61.3 cm³/mol. The first kappa shape index (κ1) is 11.6. The van der Waals surface area contributed by atoms with Crippen molar-refractivity contribution in [1.82, 2.24) is 4.98 Å². The van der Waals surface area contributed by atoms with Crippen LogP contribution in [0.15, 0.2) is 12.3 Å². The van der Waals surface area contributed by atoms with Crippen molar-refractivity contribution in [2.45, 2.75) is 32.1 Å². The topological polar surface area (TPSA) is 22.1 Å². The molecule has 1 aliphatic rings. The minimum Gasteiger partial charge on any atom is -0.475 e. The molecule has 0 saturated heterocycles. The fraction of sp³-hybridized carbons (Fsp3) is 0.583. The molecule has 0 atom stereocenters. The van der Waals surface area contributed by atoms with Crippen LogP contribution < -0.4 is 4.74 Å². The average molecular weight is 244 g/mol. The molecule has 0 unspecified atom stereocenters. The molecule has 16 heavy (non-hydrogen) atoms. The molecule has 1 fully saturated rings. The van der Waals surface area contributed by atoms with Gasteiger partial charge in [0.05, 0.1) is 11.6 Å². The highest BCUT2D eigenvalue weighted by atomic mass is 35.5. The number of pyridine rings is 1. The van der Waals surface area contributed by atoms with Gasteiger partial charge in [0.1, 0.15) is 0 Å². The molecule has 0 N–H and O–H groups in total. The number of hydrogen-bond donors (Lipinski definition) is 0. The van der Waals surface area contributed by atoms with Gasteiger partial charge < -0.3 is 4.74 Å². The van der Waals surface area contributed by atoms with Crippen molar-refractivity contribution in [2.75, 3.05) is 6.61 Å². The van der Waals surface area contributed by atoms with Gasteiger partial charge in [-0.3, -0.25) is 0 Å². The summed E-state index contributed by atoms with van der Waals surface area (Å²) >= 11 is 5.61. The third-order valence-corrected chi connectivity index (χ3v) is 3.16. The third kappa shape index (κ3) is 3.08. The van der Waals surface area contributed by atoms with E-state index >= 15 is 0 Å². The Labute approximate surface area is 99.8 Å². The number of halogens is 2. The SMILES string of the molecule is Fc1cc(Cl)cnc1OCC1CCCCC1. The first-order chi connectivity index (χ1) is 7.75. The van der Waals surface area contributed by atoms with Gasteiger partial charge in [0, 0.05) is 6.20 Å². The Morgan fingerprint density at radius 2 is 2.12 bits per heavy atom. The van der Waals surface area contributed by atoms with Crippen LogP contribution in [0, 0.1) is 11.7 Å². The normalized spacial score (nSPS) is 17.4. The van der Waals surface area contributed by atoms with E-state index in [-0.39, 0.29) is 5.88 Å². The summed E-state index contributed by atoms with van der Waals surface area (Å²) in [5.74, 6) is 0.129. The molecule has 1 saturated carbocycles. The zero-order valence-electron chi connectivity index (χ0n) is 9.09. The van der Waals surface area contributed by atoms with Crippen LogP contribution in [0.2, 0.25) is 5.02 Å². The lowest BCUT2D eigenvalue weighted by Gasteiger charge is -2.21. The van der Waals surface area contributed by atoms with E-state index < -0.39 is 5.82 Å². The van der Waals surface area contributed by atoms with Gasteiger partial charge in [0.15, 0.2) is 5.82 Å². The zero-order valence-corrected chi connectivity index (χ0v) is 9.84. The van der Waals surface area contributed by atoms with Gasteiger partial charge in [-0.05, 0) is 24.8 Å². The number of aromatic nitrogens is 1. The van der Waals surface area contributed by atoms with Gasteiger partial charge in [-0.25, -0.2) is 9.37 Å². The molecule has 4 heteroatoms. The van der Waals surface area contributed by atoms with E-state index in [0.29, 0.717) is 17.5 Å². The van der Waals surface area contributed by atoms with Crippen LogP contribution in [0.5, 0.6) is 5.88 Å². The highest BCUT2D eigenvalue weighted by Gasteiger charge is 2.15. The van der Waals surface area contributed by atoms with Gasteiger partial charge in [-0.2, -0.15) is 0 Å². The fourth-order valence-corrected chi connectivity index (χ4v) is 2.20. The molecule has 0 bridgehead atoms. The minimum atomic E-state index is -0.483. The van der Waals surface area contributed by atoms with Gasteiger partial charge in [-0.15, -0.1) is 0 Å². The second-order valence-electron chi connectivity index (χ2n) is 4.26. The molecule has 0 aliphatic heterocycles. The third-order valence-electron chi connectivity index (χ3n) is 2.95. The molecule has 2 rings (SSSR count). The quantitative estimate of drug-likeness (QED) is 0.805.